The Morgan fingerprint density at radius 2 is 1.72 bits per heavy atom. The molecule has 0 heterocycles. The van der Waals surface area contributed by atoms with Gasteiger partial charge in [-0.2, -0.15) is 0 Å². The summed E-state index contributed by atoms with van der Waals surface area (Å²) in [6.07, 6.45) is 2.45. The fraction of sp³-hybridized carbons (Fsp3) is 0.467. The molecule has 0 nitrogen and oxygen atoms in total. The molecule has 0 fully saturated rings. The first kappa shape index (κ1) is 18.4. The zero-order valence-corrected chi connectivity index (χ0v) is 15.6. The third-order valence-electron chi connectivity index (χ3n) is 3.57. The number of halogens is 2. The summed E-state index contributed by atoms with van der Waals surface area (Å²) in [7, 11) is 0. The molecule has 0 aliphatic heterocycles. The fourth-order valence-corrected chi connectivity index (χ4v) is 5.70. The normalized spacial score (nSPS) is 16.3. The van der Waals surface area contributed by atoms with E-state index in [0.717, 1.165) is 3.63 Å². The van der Waals surface area contributed by atoms with Crippen LogP contribution in [-0.2, 0) is 23.2 Å². The largest absolute Gasteiger partial charge is 1.00 e. The first-order chi connectivity index (χ1) is 7.56. The van der Waals surface area contributed by atoms with Gasteiger partial charge in [-0.25, -0.2) is 0 Å². The monoisotopic (exact) mass is 360 g/mol. The minimum absolute atomic E-state index is 0. The summed E-state index contributed by atoms with van der Waals surface area (Å²) < 4.78 is 3.29. The third-order valence-corrected chi connectivity index (χ3v) is 6.81. The van der Waals surface area contributed by atoms with Gasteiger partial charge in [-0.1, -0.05) is 0 Å². The molecule has 0 saturated carbocycles. The molecular formula is C15H20Cl2Zr. The maximum absolute atomic E-state index is 2.46. The summed E-state index contributed by atoms with van der Waals surface area (Å²) in [5, 5.41) is 0. The standard InChI is InChI=1S/C14H17.CH3.2ClH.Zr/c1-9(2)12-6-5-11(4)13-7-10(3)8-14(12)13;;;;/h5-9H,1-4H3;1H3;2*1H;/q;;;;+2/p-2. The number of fused-ring (bicyclic) bond motifs is 1. The van der Waals surface area contributed by atoms with E-state index >= 15 is 0 Å². The van der Waals surface area contributed by atoms with E-state index in [9.17, 15) is 0 Å². The average molecular weight is 362 g/mol. The molecule has 0 amide bonds. The van der Waals surface area contributed by atoms with E-state index in [2.05, 4.69) is 50.5 Å². The van der Waals surface area contributed by atoms with Gasteiger partial charge in [0.15, 0.2) is 0 Å². The molecule has 0 saturated heterocycles. The zero-order chi connectivity index (χ0) is 11.9. The van der Waals surface area contributed by atoms with E-state index in [4.69, 9.17) is 0 Å². The maximum Gasteiger partial charge on any atom is -1.00 e. The zero-order valence-electron chi connectivity index (χ0n) is 11.6. The molecule has 1 aromatic rings. The van der Waals surface area contributed by atoms with Crippen LogP contribution in [0.4, 0.5) is 0 Å². The molecule has 3 heteroatoms. The van der Waals surface area contributed by atoms with Gasteiger partial charge >= 0.3 is 111 Å². The van der Waals surface area contributed by atoms with Gasteiger partial charge in [-0.15, -0.1) is 0 Å². The summed E-state index contributed by atoms with van der Waals surface area (Å²) >= 11 is -0.268. The van der Waals surface area contributed by atoms with E-state index in [1.165, 1.54) is 11.1 Å². The third kappa shape index (κ3) is 3.11. The van der Waals surface area contributed by atoms with Gasteiger partial charge in [0.25, 0.3) is 0 Å². The van der Waals surface area contributed by atoms with Crippen LogP contribution in [-0.4, -0.2) is 0 Å². The Morgan fingerprint density at radius 3 is 2.22 bits per heavy atom. The molecule has 0 spiro atoms. The predicted molar refractivity (Wildman–Crippen MR) is 67.5 cm³/mol. The first-order valence-corrected chi connectivity index (χ1v) is 9.92. The topological polar surface area (TPSA) is 0 Å². The predicted octanol–water partition coefficient (Wildman–Crippen LogP) is -1.28. The van der Waals surface area contributed by atoms with Gasteiger partial charge in [-0.05, 0) is 0 Å². The van der Waals surface area contributed by atoms with Gasteiger partial charge in [-0.3, -0.25) is 0 Å². The van der Waals surface area contributed by atoms with Gasteiger partial charge in [0.2, 0.25) is 0 Å². The summed E-state index contributed by atoms with van der Waals surface area (Å²) in [5.74, 6) is 0.638. The van der Waals surface area contributed by atoms with Crippen LogP contribution < -0.4 is 24.8 Å². The first-order valence-electron chi connectivity index (χ1n) is 6.05. The van der Waals surface area contributed by atoms with Crippen LogP contribution in [0.25, 0.3) is 6.08 Å². The minimum atomic E-state index is -0.268. The summed E-state index contributed by atoms with van der Waals surface area (Å²) in [6.45, 7) is 9.19. The van der Waals surface area contributed by atoms with Gasteiger partial charge in [0.05, 0.1) is 0 Å². The fourth-order valence-electron chi connectivity index (χ4n) is 2.72. The van der Waals surface area contributed by atoms with Crippen molar-refractivity contribution in [1.29, 1.82) is 0 Å². The Labute approximate surface area is 135 Å². The van der Waals surface area contributed by atoms with Crippen molar-refractivity contribution in [2.75, 3.05) is 0 Å². The smallest absolute Gasteiger partial charge is 1.00 e. The van der Waals surface area contributed by atoms with Crippen LogP contribution in [0.5, 0.6) is 0 Å². The van der Waals surface area contributed by atoms with E-state index in [0.29, 0.717) is 5.92 Å². The molecule has 2 rings (SSSR count). The maximum atomic E-state index is 2.46. The number of hydrogen-bond acceptors (Lipinski definition) is 0. The van der Waals surface area contributed by atoms with Crippen molar-refractivity contribution >= 4 is 6.08 Å². The van der Waals surface area contributed by atoms with Crippen LogP contribution in [0.2, 0.25) is 4.63 Å². The summed E-state index contributed by atoms with van der Waals surface area (Å²) in [4.78, 5) is 0. The molecule has 1 atom stereocenters. The Hall–Kier alpha value is 0.423. The average Bonchev–Trinajstić information content (AvgIpc) is 2.55. The van der Waals surface area contributed by atoms with Crippen LogP contribution in [0.3, 0.4) is 0 Å². The van der Waals surface area contributed by atoms with Gasteiger partial charge in [0, 0.05) is 0 Å². The SMILES string of the molecule is [CH3][Zr+2][CH]1C(C)=Cc2c(C(C)C)ccc(C)c21.[Cl-].[Cl-]. The molecular weight excluding hydrogens is 342 g/mol. The molecule has 1 aliphatic carbocycles. The van der Waals surface area contributed by atoms with Crippen molar-refractivity contribution in [3.8, 4) is 0 Å². The molecule has 18 heavy (non-hydrogen) atoms. The van der Waals surface area contributed by atoms with E-state index in [-0.39, 0.29) is 48.0 Å². The molecule has 0 radical (unpaired) electrons. The number of aryl methyl sites for hydroxylation is 1. The molecule has 0 aromatic heterocycles. The molecule has 98 valence electrons. The number of benzene rings is 1. The van der Waals surface area contributed by atoms with Crippen molar-refractivity contribution in [1.82, 2.24) is 0 Å². The minimum Gasteiger partial charge on any atom is -1.00 e. The quantitative estimate of drug-likeness (QED) is 0.615. The Morgan fingerprint density at radius 1 is 1.11 bits per heavy atom. The number of hydrogen-bond donors (Lipinski definition) is 0. The van der Waals surface area contributed by atoms with Crippen molar-refractivity contribution in [2.45, 2.75) is 41.9 Å². The van der Waals surface area contributed by atoms with Crippen LogP contribution in [0.15, 0.2) is 17.7 Å². The van der Waals surface area contributed by atoms with E-state index in [1.54, 1.807) is 16.7 Å². The van der Waals surface area contributed by atoms with Crippen molar-refractivity contribution < 1.29 is 48.0 Å². The second-order valence-electron chi connectivity index (χ2n) is 5.06. The molecule has 0 bridgehead atoms. The molecule has 1 aliphatic rings. The van der Waals surface area contributed by atoms with Crippen LogP contribution >= 0.6 is 0 Å². The molecule has 0 N–H and O–H groups in total. The Balaban J connectivity index is 0.00000144. The van der Waals surface area contributed by atoms with Crippen molar-refractivity contribution in [3.63, 3.8) is 0 Å². The summed E-state index contributed by atoms with van der Waals surface area (Å²) in [5.41, 5.74) is 7.87. The summed E-state index contributed by atoms with van der Waals surface area (Å²) in [6, 6.07) is 4.65. The van der Waals surface area contributed by atoms with Crippen molar-refractivity contribution in [3.05, 3.63) is 40.0 Å². The van der Waals surface area contributed by atoms with E-state index in [1.807, 2.05) is 0 Å². The number of allylic oxidation sites excluding steroid dienone is 1. The van der Waals surface area contributed by atoms with Crippen molar-refractivity contribution in [2.24, 2.45) is 0 Å². The number of rotatable bonds is 2. The second-order valence-corrected chi connectivity index (χ2v) is 7.90. The molecule has 1 unspecified atom stereocenters. The van der Waals surface area contributed by atoms with Gasteiger partial charge in [0.1, 0.15) is 0 Å². The van der Waals surface area contributed by atoms with Gasteiger partial charge < -0.3 is 24.8 Å². The van der Waals surface area contributed by atoms with E-state index < -0.39 is 0 Å². The Bertz CT molecular complexity index is 450. The Kier molecular flexibility index (Phi) is 7.44. The van der Waals surface area contributed by atoms with Crippen LogP contribution in [0, 0.1) is 6.92 Å². The van der Waals surface area contributed by atoms with Crippen LogP contribution in [0.1, 0.15) is 52.6 Å². The molecule has 1 aromatic carbocycles. The second kappa shape index (κ2) is 7.27.